The lowest BCUT2D eigenvalue weighted by Crippen LogP contribution is -2.42. The van der Waals surface area contributed by atoms with Gasteiger partial charge in [0.2, 0.25) is 0 Å². The zero-order valence-electron chi connectivity index (χ0n) is 22.7. The van der Waals surface area contributed by atoms with Crippen LogP contribution in [0.1, 0.15) is 15.9 Å². The van der Waals surface area contributed by atoms with Crippen LogP contribution in [0, 0.1) is 11.6 Å². The number of pyridine rings is 1. The molecule has 0 aliphatic carbocycles. The molecule has 0 fully saturated rings. The number of hydrogen-bond donors (Lipinski definition) is 0. The van der Waals surface area contributed by atoms with Crippen molar-refractivity contribution in [2.24, 2.45) is 7.05 Å². The fraction of sp³-hybridized carbons (Fsp3) is 0.167. The quantitative estimate of drug-likeness (QED) is 0.233. The number of Topliss-reactive ketones (excluding diaryl/α,β-unsaturated/α-hetero) is 1. The zero-order chi connectivity index (χ0) is 29.8. The maximum Gasteiger partial charge on any atom is 0.335 e. The van der Waals surface area contributed by atoms with Crippen LogP contribution in [0.4, 0.5) is 8.78 Å². The molecule has 0 saturated heterocycles. The maximum atomic E-state index is 15.0. The number of aromatic nitrogens is 5. The maximum absolute atomic E-state index is 15.0. The predicted octanol–water partition coefficient (Wildman–Crippen LogP) is 3.94. The number of hydrogen-bond acceptors (Lipinski definition) is 7. The van der Waals surface area contributed by atoms with E-state index in [4.69, 9.17) is 9.47 Å². The minimum atomic E-state index is -0.868. The molecular weight excluding hydrogens is 548 g/mol. The van der Waals surface area contributed by atoms with Crippen molar-refractivity contribution in [3.8, 4) is 28.4 Å². The Kier molecular flexibility index (Phi) is 8.16. The summed E-state index contributed by atoms with van der Waals surface area (Å²) in [6.45, 7) is 0.207. The third kappa shape index (κ3) is 6.08. The van der Waals surface area contributed by atoms with Crippen LogP contribution in [0.2, 0.25) is 0 Å². The average molecular weight is 574 g/mol. The van der Waals surface area contributed by atoms with E-state index in [1.54, 1.807) is 36.3 Å². The summed E-state index contributed by atoms with van der Waals surface area (Å²) in [6, 6.07) is 12.0. The summed E-state index contributed by atoms with van der Waals surface area (Å²) in [4.78, 5) is 43.9. The first-order chi connectivity index (χ1) is 20.2. The van der Waals surface area contributed by atoms with Gasteiger partial charge >= 0.3 is 5.69 Å². The molecule has 0 aliphatic rings. The van der Waals surface area contributed by atoms with Crippen LogP contribution in [-0.2, 0) is 24.8 Å². The molecule has 12 heteroatoms. The number of halogens is 2. The van der Waals surface area contributed by atoms with Crippen LogP contribution in [0.5, 0.6) is 11.5 Å². The van der Waals surface area contributed by atoms with Gasteiger partial charge in [0, 0.05) is 50.8 Å². The number of aryl methyl sites for hydroxylation is 1. The molecule has 0 aliphatic heterocycles. The van der Waals surface area contributed by atoms with E-state index in [9.17, 15) is 18.8 Å². The Balaban J connectivity index is 1.40. The van der Waals surface area contributed by atoms with Gasteiger partial charge in [0.25, 0.3) is 5.56 Å². The van der Waals surface area contributed by atoms with Gasteiger partial charge in [-0.3, -0.25) is 23.8 Å². The van der Waals surface area contributed by atoms with Gasteiger partial charge in [-0.05, 0) is 48.0 Å². The van der Waals surface area contributed by atoms with Crippen LogP contribution in [-0.4, -0.2) is 43.4 Å². The third-order valence-corrected chi connectivity index (χ3v) is 6.40. The molecule has 0 radical (unpaired) electrons. The first kappa shape index (κ1) is 28.3. The Hall–Kier alpha value is -5.23. The highest BCUT2D eigenvalue weighted by Crippen LogP contribution is 2.28. The van der Waals surface area contributed by atoms with Crippen molar-refractivity contribution in [3.63, 3.8) is 0 Å². The highest BCUT2D eigenvalue weighted by atomic mass is 19.1. The zero-order valence-corrected chi connectivity index (χ0v) is 22.7. The number of carbonyl (C=O) groups excluding carboxylic acids is 1. The largest absolute Gasteiger partial charge is 0.454 e. The molecule has 0 atom stereocenters. The number of ketones is 1. The van der Waals surface area contributed by atoms with E-state index in [2.05, 4.69) is 10.1 Å². The fourth-order valence-electron chi connectivity index (χ4n) is 4.29. The minimum absolute atomic E-state index is 0.0647. The van der Waals surface area contributed by atoms with Crippen LogP contribution >= 0.6 is 0 Å². The Morgan fingerprint density at radius 1 is 1.00 bits per heavy atom. The average Bonchev–Trinajstić information content (AvgIpc) is 3.41. The molecule has 0 unspecified atom stereocenters. The van der Waals surface area contributed by atoms with Crippen LogP contribution < -0.4 is 16.0 Å². The molecule has 3 aromatic heterocycles. The van der Waals surface area contributed by atoms with Gasteiger partial charge in [0.15, 0.2) is 17.3 Å². The first-order valence-electron chi connectivity index (χ1n) is 12.8. The van der Waals surface area contributed by atoms with Gasteiger partial charge in [-0.2, -0.15) is 5.10 Å². The monoisotopic (exact) mass is 573 g/mol. The Labute approximate surface area is 238 Å². The minimum Gasteiger partial charge on any atom is -0.454 e. The molecule has 0 bridgehead atoms. The number of nitrogens with zero attached hydrogens (tertiary/aromatic N) is 5. The number of benzene rings is 2. The van der Waals surface area contributed by atoms with Gasteiger partial charge in [0.05, 0.1) is 30.7 Å². The molecule has 5 aromatic rings. The van der Waals surface area contributed by atoms with Crippen molar-refractivity contribution in [2.45, 2.75) is 13.0 Å². The summed E-state index contributed by atoms with van der Waals surface area (Å²) in [5, 5.41) is 4.12. The highest BCUT2D eigenvalue weighted by molar-refractivity contribution is 5.97. The van der Waals surface area contributed by atoms with Crippen molar-refractivity contribution >= 4 is 5.78 Å². The smallest absolute Gasteiger partial charge is 0.335 e. The molecule has 214 valence electrons. The summed E-state index contributed by atoms with van der Waals surface area (Å²) in [5.74, 6) is -1.61. The van der Waals surface area contributed by atoms with Crippen molar-refractivity contribution in [1.82, 2.24) is 23.9 Å². The normalized spacial score (nSPS) is 11.0. The molecule has 3 heterocycles. The van der Waals surface area contributed by atoms with E-state index in [0.29, 0.717) is 11.4 Å². The van der Waals surface area contributed by atoms with Gasteiger partial charge in [-0.1, -0.05) is 6.07 Å². The van der Waals surface area contributed by atoms with Crippen LogP contribution in [0.25, 0.3) is 16.9 Å². The second-order valence-corrected chi connectivity index (χ2v) is 9.37. The van der Waals surface area contributed by atoms with Crippen LogP contribution in [0.15, 0.2) is 89.0 Å². The van der Waals surface area contributed by atoms with Crippen molar-refractivity contribution < 1.29 is 23.0 Å². The standard InChI is InChI=1S/C30H25F2N5O5/c1-35-17-20(16-34-35)26-15-23(9-10-33-26)42-28-8-3-19(13-25(28)32)14-27(38)24-18-36(11-12-41-2)30(40)37(29(24)39)22-6-4-21(31)5-7-22/h3-10,13,15-18H,11-12,14H2,1-2H3. The molecule has 42 heavy (non-hydrogen) atoms. The number of ether oxygens (including phenoxy) is 2. The van der Waals surface area contributed by atoms with E-state index in [1.807, 2.05) is 0 Å². The third-order valence-electron chi connectivity index (χ3n) is 6.40. The van der Waals surface area contributed by atoms with E-state index in [1.165, 1.54) is 48.3 Å². The van der Waals surface area contributed by atoms with Crippen molar-refractivity contribution in [1.29, 1.82) is 0 Å². The van der Waals surface area contributed by atoms with E-state index >= 15 is 4.39 Å². The number of carbonyl (C=O) groups is 1. The SMILES string of the molecule is COCCn1cc(C(=O)Cc2ccc(Oc3ccnc(-c4cnn(C)c4)c3)c(F)c2)c(=O)n(-c2ccc(F)cc2)c1=O. The summed E-state index contributed by atoms with van der Waals surface area (Å²) in [5.41, 5.74) is -0.106. The lowest BCUT2D eigenvalue weighted by atomic mass is 10.0. The molecule has 0 spiro atoms. The number of rotatable bonds is 10. The fourth-order valence-corrected chi connectivity index (χ4v) is 4.29. The second kappa shape index (κ2) is 12.1. The lowest BCUT2D eigenvalue weighted by Gasteiger charge is -2.13. The van der Waals surface area contributed by atoms with Crippen molar-refractivity contribution in [2.75, 3.05) is 13.7 Å². The molecular formula is C30H25F2N5O5. The van der Waals surface area contributed by atoms with Gasteiger partial charge in [-0.25, -0.2) is 18.1 Å². The van der Waals surface area contributed by atoms with Crippen LogP contribution in [0.3, 0.4) is 0 Å². The molecule has 0 saturated carbocycles. The summed E-state index contributed by atoms with van der Waals surface area (Å²) >= 11 is 0. The van der Waals surface area contributed by atoms with Crippen molar-refractivity contribution in [3.05, 3.63) is 123 Å². The summed E-state index contributed by atoms with van der Waals surface area (Å²) in [6.07, 6.45) is 5.82. The Bertz CT molecular complexity index is 1880. The summed E-state index contributed by atoms with van der Waals surface area (Å²) in [7, 11) is 3.23. The molecule has 2 aromatic carbocycles. The Morgan fingerprint density at radius 2 is 1.79 bits per heavy atom. The topological polar surface area (TPSA) is 110 Å². The molecule has 0 N–H and O–H groups in total. The Morgan fingerprint density at radius 3 is 2.48 bits per heavy atom. The highest BCUT2D eigenvalue weighted by Gasteiger charge is 2.20. The van der Waals surface area contributed by atoms with Gasteiger partial charge in [0.1, 0.15) is 17.1 Å². The van der Waals surface area contributed by atoms with E-state index in [0.717, 1.165) is 28.3 Å². The van der Waals surface area contributed by atoms with Gasteiger partial charge in [-0.15, -0.1) is 0 Å². The summed E-state index contributed by atoms with van der Waals surface area (Å²) < 4.78 is 42.9. The number of methoxy groups -OCH3 is 1. The predicted molar refractivity (Wildman–Crippen MR) is 149 cm³/mol. The molecule has 10 nitrogen and oxygen atoms in total. The van der Waals surface area contributed by atoms with Gasteiger partial charge < -0.3 is 9.47 Å². The lowest BCUT2D eigenvalue weighted by molar-refractivity contribution is 0.0989. The second-order valence-electron chi connectivity index (χ2n) is 9.37. The molecule has 0 amide bonds. The first-order valence-corrected chi connectivity index (χ1v) is 12.8. The molecule has 5 rings (SSSR count). The van der Waals surface area contributed by atoms with E-state index in [-0.39, 0.29) is 42.1 Å². The van der Waals surface area contributed by atoms with E-state index < -0.39 is 28.7 Å².